The Bertz CT molecular complexity index is 878. The van der Waals surface area contributed by atoms with Gasteiger partial charge in [0.1, 0.15) is 0 Å². The van der Waals surface area contributed by atoms with E-state index in [1.165, 1.54) is 12.1 Å². The minimum atomic E-state index is -4.42. The van der Waals surface area contributed by atoms with Crippen LogP contribution >= 0.6 is 0 Å². The van der Waals surface area contributed by atoms with E-state index in [1.54, 1.807) is 18.0 Å². The van der Waals surface area contributed by atoms with Crippen molar-refractivity contribution in [1.82, 2.24) is 4.90 Å². The number of likely N-dealkylation sites (N-methyl/N-ethyl adjacent to an activating group) is 1. The van der Waals surface area contributed by atoms with Crippen LogP contribution < -0.4 is 0 Å². The van der Waals surface area contributed by atoms with Crippen LogP contribution in [0.5, 0.6) is 0 Å². The van der Waals surface area contributed by atoms with Gasteiger partial charge >= 0.3 is 6.18 Å². The summed E-state index contributed by atoms with van der Waals surface area (Å²) < 4.78 is 40.2. The zero-order valence-electron chi connectivity index (χ0n) is 15.7. The minimum absolute atomic E-state index is 0.0159. The molecule has 3 rings (SSSR count). The van der Waals surface area contributed by atoms with Gasteiger partial charge in [-0.25, -0.2) is 0 Å². The lowest BCUT2D eigenvalue weighted by Crippen LogP contribution is -2.25. The highest BCUT2D eigenvalue weighted by atomic mass is 19.4. The molecule has 0 radical (unpaired) electrons. The van der Waals surface area contributed by atoms with Crippen LogP contribution in [0.25, 0.3) is 5.70 Å². The van der Waals surface area contributed by atoms with Crippen molar-refractivity contribution in [2.45, 2.75) is 12.1 Å². The number of rotatable bonds is 6. The first-order valence-corrected chi connectivity index (χ1v) is 9.04. The predicted octanol–water partition coefficient (Wildman–Crippen LogP) is 6.44. The predicted molar refractivity (Wildman–Crippen MR) is 108 cm³/mol. The largest absolute Gasteiger partial charge is 0.417 e. The quantitative estimate of drug-likeness (QED) is 0.475. The van der Waals surface area contributed by atoms with E-state index in [1.807, 2.05) is 60.7 Å². The van der Waals surface area contributed by atoms with E-state index in [0.717, 1.165) is 17.2 Å². The summed E-state index contributed by atoms with van der Waals surface area (Å²) in [7, 11) is 1.79. The summed E-state index contributed by atoms with van der Waals surface area (Å²) in [6.07, 6.45) is -4.42. The van der Waals surface area contributed by atoms with Gasteiger partial charge in [-0.15, -0.1) is 0 Å². The molecule has 0 aliphatic heterocycles. The third kappa shape index (κ3) is 4.45. The number of nitrogens with zero attached hydrogens (tertiary/aromatic N) is 1. The first kappa shape index (κ1) is 19.7. The van der Waals surface area contributed by atoms with E-state index in [0.29, 0.717) is 12.2 Å². The van der Waals surface area contributed by atoms with Gasteiger partial charge in [0.15, 0.2) is 0 Å². The van der Waals surface area contributed by atoms with Crippen molar-refractivity contribution < 1.29 is 13.2 Å². The lowest BCUT2D eigenvalue weighted by atomic mass is 9.90. The summed E-state index contributed by atoms with van der Waals surface area (Å²) >= 11 is 0. The van der Waals surface area contributed by atoms with E-state index >= 15 is 0 Å². The van der Waals surface area contributed by atoms with E-state index < -0.39 is 11.7 Å². The lowest BCUT2D eigenvalue weighted by molar-refractivity contribution is -0.137. The zero-order chi connectivity index (χ0) is 20.1. The van der Waals surface area contributed by atoms with Crippen molar-refractivity contribution in [2.75, 3.05) is 13.6 Å². The highest BCUT2D eigenvalue weighted by Gasteiger charge is 2.34. The van der Waals surface area contributed by atoms with Gasteiger partial charge in [-0.05, 0) is 17.2 Å². The van der Waals surface area contributed by atoms with Crippen LogP contribution in [-0.4, -0.2) is 18.5 Å². The van der Waals surface area contributed by atoms with Gasteiger partial charge in [0.2, 0.25) is 0 Å². The van der Waals surface area contributed by atoms with Crippen molar-refractivity contribution in [3.8, 4) is 0 Å². The molecule has 0 bridgehead atoms. The Kier molecular flexibility index (Phi) is 5.88. The summed E-state index contributed by atoms with van der Waals surface area (Å²) in [5, 5.41) is 0. The average molecular weight is 381 g/mol. The van der Waals surface area contributed by atoms with Crippen molar-refractivity contribution >= 4 is 5.70 Å². The van der Waals surface area contributed by atoms with Gasteiger partial charge in [0, 0.05) is 30.8 Å². The molecule has 0 atom stereocenters. The van der Waals surface area contributed by atoms with Gasteiger partial charge in [0.25, 0.3) is 0 Å². The first-order valence-electron chi connectivity index (χ1n) is 9.04. The Balaban J connectivity index is 1.91. The van der Waals surface area contributed by atoms with Gasteiger partial charge in [0.05, 0.1) is 5.56 Å². The molecule has 144 valence electrons. The van der Waals surface area contributed by atoms with Crippen molar-refractivity contribution in [2.24, 2.45) is 0 Å². The van der Waals surface area contributed by atoms with Crippen LogP contribution in [0.3, 0.4) is 0 Å². The summed E-state index contributed by atoms with van der Waals surface area (Å²) in [4.78, 5) is 1.80. The summed E-state index contributed by atoms with van der Waals surface area (Å²) in [6.45, 7) is 4.48. The van der Waals surface area contributed by atoms with Crippen LogP contribution in [0.4, 0.5) is 13.2 Å². The molecule has 1 nitrogen and oxygen atoms in total. The van der Waals surface area contributed by atoms with Crippen molar-refractivity contribution in [3.63, 3.8) is 0 Å². The number of benzene rings is 3. The molecular formula is C24H22F3N. The molecule has 0 aliphatic carbocycles. The Hall–Kier alpha value is -3.01. The standard InChI is InChI=1S/C24H22F3N/c1-18(21-15-9-10-16-23(21)24(25,26)27)28(2)17-22(19-11-5-3-6-12-19)20-13-7-4-8-14-20/h3-16,22H,1,17H2,2H3. The van der Waals surface area contributed by atoms with E-state index in [4.69, 9.17) is 0 Å². The van der Waals surface area contributed by atoms with Gasteiger partial charge in [-0.3, -0.25) is 0 Å². The van der Waals surface area contributed by atoms with Gasteiger partial charge < -0.3 is 4.90 Å². The minimum Gasteiger partial charge on any atom is -0.374 e. The molecule has 0 amide bonds. The maximum absolute atomic E-state index is 13.4. The molecular weight excluding hydrogens is 359 g/mol. The molecule has 3 aromatic carbocycles. The Morgan fingerprint density at radius 3 is 1.79 bits per heavy atom. The van der Waals surface area contributed by atoms with Crippen LogP contribution in [0.15, 0.2) is 91.5 Å². The van der Waals surface area contributed by atoms with Crippen molar-refractivity contribution in [1.29, 1.82) is 0 Å². The normalized spacial score (nSPS) is 11.5. The maximum atomic E-state index is 13.4. The highest BCUT2D eigenvalue weighted by molar-refractivity contribution is 5.65. The summed E-state index contributed by atoms with van der Waals surface area (Å²) in [5.74, 6) is 0.0159. The summed E-state index contributed by atoms with van der Waals surface area (Å²) in [6, 6.07) is 25.5. The van der Waals surface area contributed by atoms with Crippen LogP contribution in [0, 0.1) is 0 Å². The average Bonchev–Trinajstić information content (AvgIpc) is 2.72. The second-order valence-corrected chi connectivity index (χ2v) is 6.74. The fourth-order valence-electron chi connectivity index (χ4n) is 3.35. The van der Waals surface area contributed by atoms with E-state index in [9.17, 15) is 13.2 Å². The first-order chi connectivity index (χ1) is 13.4. The molecule has 3 aromatic rings. The second-order valence-electron chi connectivity index (χ2n) is 6.74. The second kappa shape index (κ2) is 8.34. The van der Waals surface area contributed by atoms with Crippen molar-refractivity contribution in [3.05, 3.63) is 114 Å². The molecule has 0 unspecified atom stereocenters. The van der Waals surface area contributed by atoms with Gasteiger partial charge in [-0.1, -0.05) is 85.4 Å². The Labute approximate surface area is 163 Å². The molecule has 0 aromatic heterocycles. The van der Waals surface area contributed by atoms with Crippen LogP contribution in [-0.2, 0) is 6.18 Å². The monoisotopic (exact) mass is 381 g/mol. The summed E-state index contributed by atoms with van der Waals surface area (Å²) in [5.41, 5.74) is 2.01. The molecule has 0 heterocycles. The number of hydrogen-bond donors (Lipinski definition) is 0. The molecule has 0 N–H and O–H groups in total. The number of hydrogen-bond acceptors (Lipinski definition) is 1. The smallest absolute Gasteiger partial charge is 0.374 e. The zero-order valence-corrected chi connectivity index (χ0v) is 15.7. The van der Waals surface area contributed by atoms with E-state index in [-0.39, 0.29) is 11.5 Å². The Morgan fingerprint density at radius 2 is 1.29 bits per heavy atom. The third-order valence-electron chi connectivity index (χ3n) is 4.86. The molecule has 0 saturated heterocycles. The van der Waals surface area contributed by atoms with Crippen LogP contribution in [0.2, 0.25) is 0 Å². The van der Waals surface area contributed by atoms with Crippen LogP contribution in [0.1, 0.15) is 28.2 Å². The lowest BCUT2D eigenvalue weighted by Gasteiger charge is -2.29. The van der Waals surface area contributed by atoms with E-state index in [2.05, 4.69) is 6.58 Å². The number of halogens is 3. The Morgan fingerprint density at radius 1 is 0.821 bits per heavy atom. The molecule has 4 heteroatoms. The topological polar surface area (TPSA) is 3.24 Å². The van der Waals surface area contributed by atoms with Gasteiger partial charge in [-0.2, -0.15) is 13.2 Å². The third-order valence-corrected chi connectivity index (χ3v) is 4.86. The molecule has 0 spiro atoms. The maximum Gasteiger partial charge on any atom is 0.417 e. The molecule has 0 saturated carbocycles. The molecule has 28 heavy (non-hydrogen) atoms. The molecule has 0 fully saturated rings. The highest BCUT2D eigenvalue weighted by Crippen LogP contribution is 2.36. The SMILES string of the molecule is C=C(c1ccccc1C(F)(F)F)N(C)CC(c1ccccc1)c1ccccc1. The fourth-order valence-corrected chi connectivity index (χ4v) is 3.35. The molecule has 0 aliphatic rings. The fraction of sp³-hybridized carbons (Fsp3) is 0.167. The number of alkyl halides is 3.